The van der Waals surface area contributed by atoms with Crippen molar-refractivity contribution >= 4 is 0 Å². The Morgan fingerprint density at radius 1 is 1.15 bits per heavy atom. The first-order valence-electron chi connectivity index (χ1n) is 6.66. The maximum atomic E-state index is 14.2. The molecule has 1 unspecified atom stereocenters. The molecule has 2 aromatic rings. The minimum Gasteiger partial charge on any atom is -0.494 e. The van der Waals surface area contributed by atoms with Crippen molar-refractivity contribution in [2.45, 2.75) is 26.3 Å². The fourth-order valence-corrected chi connectivity index (χ4v) is 2.52. The van der Waals surface area contributed by atoms with Crippen molar-refractivity contribution < 1.29 is 9.13 Å². The first-order chi connectivity index (χ1) is 9.51. The third-order valence-corrected chi connectivity index (χ3v) is 3.35. The number of rotatable bonds is 4. The molecule has 0 saturated heterocycles. The monoisotopic (exact) mass is 273 g/mol. The number of halogens is 1. The Balaban J connectivity index is 2.26. The van der Waals surface area contributed by atoms with Gasteiger partial charge in [0.1, 0.15) is 0 Å². The Morgan fingerprint density at radius 3 is 2.40 bits per heavy atom. The summed E-state index contributed by atoms with van der Waals surface area (Å²) in [5, 5.41) is 0. The third kappa shape index (κ3) is 3.17. The van der Waals surface area contributed by atoms with Crippen molar-refractivity contribution in [3.05, 3.63) is 64.5 Å². The number of nitrogens with two attached hydrogens (primary N) is 1. The summed E-state index contributed by atoms with van der Waals surface area (Å²) in [7, 11) is 1.46. The van der Waals surface area contributed by atoms with Gasteiger partial charge in [0.05, 0.1) is 7.11 Å². The SMILES string of the molecule is COc1cccc(C(N)Cc2cc(C)cc(C)c2)c1F. The molecule has 0 spiro atoms. The number of aryl methyl sites for hydroxylation is 2. The van der Waals surface area contributed by atoms with Crippen molar-refractivity contribution in [2.75, 3.05) is 7.11 Å². The van der Waals surface area contributed by atoms with Gasteiger partial charge < -0.3 is 10.5 Å². The molecule has 0 amide bonds. The lowest BCUT2D eigenvalue weighted by molar-refractivity contribution is 0.382. The molecule has 0 fully saturated rings. The van der Waals surface area contributed by atoms with Crippen molar-refractivity contribution in [3.8, 4) is 5.75 Å². The minimum absolute atomic E-state index is 0.235. The van der Waals surface area contributed by atoms with Crippen LogP contribution < -0.4 is 10.5 Å². The van der Waals surface area contributed by atoms with Gasteiger partial charge in [-0.1, -0.05) is 41.5 Å². The standard InChI is InChI=1S/C17H20FNO/c1-11-7-12(2)9-13(8-11)10-15(19)14-5-4-6-16(20-3)17(14)18/h4-9,15H,10,19H2,1-3H3. The summed E-state index contributed by atoms with van der Waals surface area (Å²) in [6.45, 7) is 4.10. The molecule has 0 bridgehead atoms. The van der Waals surface area contributed by atoms with Crippen LogP contribution in [-0.2, 0) is 6.42 Å². The molecule has 0 aromatic heterocycles. The summed E-state index contributed by atoms with van der Waals surface area (Å²) in [6.07, 6.45) is 0.604. The van der Waals surface area contributed by atoms with Crippen LogP contribution in [0.15, 0.2) is 36.4 Å². The van der Waals surface area contributed by atoms with Gasteiger partial charge in [-0.15, -0.1) is 0 Å². The summed E-state index contributed by atoms with van der Waals surface area (Å²) < 4.78 is 19.2. The van der Waals surface area contributed by atoms with Crippen molar-refractivity contribution in [1.82, 2.24) is 0 Å². The molecule has 0 aliphatic heterocycles. The van der Waals surface area contributed by atoms with Crippen LogP contribution in [0, 0.1) is 19.7 Å². The Bertz CT molecular complexity index is 590. The molecule has 2 rings (SSSR count). The van der Waals surface area contributed by atoms with Crippen molar-refractivity contribution in [2.24, 2.45) is 5.73 Å². The van der Waals surface area contributed by atoms with E-state index in [-0.39, 0.29) is 17.6 Å². The molecule has 106 valence electrons. The van der Waals surface area contributed by atoms with Gasteiger partial charge in [0, 0.05) is 11.6 Å². The zero-order valence-corrected chi connectivity index (χ0v) is 12.1. The van der Waals surface area contributed by atoms with Crippen LogP contribution in [0.4, 0.5) is 4.39 Å². The molecule has 0 aliphatic rings. The van der Waals surface area contributed by atoms with Gasteiger partial charge in [-0.25, -0.2) is 4.39 Å². The van der Waals surface area contributed by atoms with E-state index in [9.17, 15) is 4.39 Å². The quantitative estimate of drug-likeness (QED) is 0.922. The Kier molecular flexibility index (Phi) is 4.40. The molecule has 0 aliphatic carbocycles. The highest BCUT2D eigenvalue weighted by molar-refractivity contribution is 5.35. The van der Waals surface area contributed by atoms with Crippen molar-refractivity contribution in [1.29, 1.82) is 0 Å². The third-order valence-electron chi connectivity index (χ3n) is 3.35. The Labute approximate surface area is 119 Å². The van der Waals surface area contributed by atoms with Gasteiger partial charge in [0.15, 0.2) is 11.6 Å². The molecular formula is C17H20FNO. The van der Waals surface area contributed by atoms with E-state index in [0.717, 1.165) is 5.56 Å². The first-order valence-corrected chi connectivity index (χ1v) is 6.66. The Morgan fingerprint density at radius 2 is 1.80 bits per heavy atom. The lowest BCUT2D eigenvalue weighted by Gasteiger charge is -2.15. The predicted octanol–water partition coefficient (Wildman–Crippen LogP) is 3.69. The lowest BCUT2D eigenvalue weighted by atomic mass is 9.96. The van der Waals surface area contributed by atoms with Gasteiger partial charge in [-0.2, -0.15) is 0 Å². The molecule has 0 heterocycles. The minimum atomic E-state index is -0.383. The summed E-state index contributed by atoms with van der Waals surface area (Å²) in [6, 6.07) is 11.0. The van der Waals surface area contributed by atoms with E-state index in [1.165, 1.54) is 18.2 Å². The molecule has 0 radical (unpaired) electrons. The van der Waals surface area contributed by atoms with Crippen LogP contribution in [-0.4, -0.2) is 7.11 Å². The van der Waals surface area contributed by atoms with E-state index in [0.29, 0.717) is 12.0 Å². The van der Waals surface area contributed by atoms with E-state index < -0.39 is 0 Å². The summed E-state index contributed by atoms with van der Waals surface area (Å²) in [4.78, 5) is 0. The second-order valence-electron chi connectivity index (χ2n) is 5.17. The smallest absolute Gasteiger partial charge is 0.169 e. The van der Waals surface area contributed by atoms with Gasteiger partial charge in [0.25, 0.3) is 0 Å². The van der Waals surface area contributed by atoms with Crippen LogP contribution in [0.3, 0.4) is 0 Å². The molecular weight excluding hydrogens is 253 g/mol. The molecule has 3 heteroatoms. The number of ether oxygens (including phenoxy) is 1. The van der Waals surface area contributed by atoms with E-state index >= 15 is 0 Å². The van der Waals surface area contributed by atoms with Gasteiger partial charge in [-0.3, -0.25) is 0 Å². The van der Waals surface area contributed by atoms with Gasteiger partial charge in [-0.05, 0) is 31.9 Å². The van der Waals surface area contributed by atoms with Crippen molar-refractivity contribution in [3.63, 3.8) is 0 Å². The highest BCUT2D eigenvalue weighted by atomic mass is 19.1. The number of methoxy groups -OCH3 is 1. The fraction of sp³-hybridized carbons (Fsp3) is 0.294. The number of benzene rings is 2. The topological polar surface area (TPSA) is 35.2 Å². The summed E-state index contributed by atoms with van der Waals surface area (Å²) in [5.41, 5.74) is 10.2. The predicted molar refractivity (Wildman–Crippen MR) is 79.5 cm³/mol. The molecule has 2 aromatic carbocycles. The second-order valence-corrected chi connectivity index (χ2v) is 5.17. The average Bonchev–Trinajstić information content (AvgIpc) is 2.37. The van der Waals surface area contributed by atoms with Gasteiger partial charge in [0.2, 0.25) is 0 Å². The van der Waals surface area contributed by atoms with Crippen LogP contribution in [0.25, 0.3) is 0 Å². The average molecular weight is 273 g/mol. The second kappa shape index (κ2) is 6.06. The summed E-state index contributed by atoms with van der Waals surface area (Å²) >= 11 is 0. The van der Waals surface area contributed by atoms with Crippen LogP contribution in [0.1, 0.15) is 28.3 Å². The van der Waals surface area contributed by atoms with E-state index in [2.05, 4.69) is 18.2 Å². The maximum absolute atomic E-state index is 14.2. The molecule has 0 saturated carbocycles. The Hall–Kier alpha value is -1.87. The molecule has 2 N–H and O–H groups in total. The van der Waals surface area contributed by atoms with E-state index in [1.807, 2.05) is 13.8 Å². The van der Waals surface area contributed by atoms with Gasteiger partial charge >= 0.3 is 0 Å². The summed E-state index contributed by atoms with van der Waals surface area (Å²) in [5.74, 6) is -0.134. The largest absolute Gasteiger partial charge is 0.494 e. The van der Waals surface area contributed by atoms with E-state index in [4.69, 9.17) is 10.5 Å². The lowest BCUT2D eigenvalue weighted by Crippen LogP contribution is -2.15. The highest BCUT2D eigenvalue weighted by Gasteiger charge is 2.15. The van der Waals surface area contributed by atoms with Crippen LogP contribution in [0.5, 0.6) is 5.75 Å². The normalized spacial score (nSPS) is 12.2. The maximum Gasteiger partial charge on any atom is 0.169 e. The molecule has 2 nitrogen and oxygen atoms in total. The van der Waals surface area contributed by atoms with E-state index in [1.54, 1.807) is 18.2 Å². The number of hydrogen-bond donors (Lipinski definition) is 1. The van der Waals surface area contributed by atoms with Crippen LogP contribution >= 0.6 is 0 Å². The van der Waals surface area contributed by atoms with Crippen LogP contribution in [0.2, 0.25) is 0 Å². The zero-order valence-electron chi connectivity index (χ0n) is 12.1. The molecule has 1 atom stereocenters. The first kappa shape index (κ1) is 14.5. The zero-order chi connectivity index (χ0) is 14.7. The fourth-order valence-electron chi connectivity index (χ4n) is 2.52. The number of hydrogen-bond acceptors (Lipinski definition) is 2. The molecule has 20 heavy (non-hydrogen) atoms. The highest BCUT2D eigenvalue weighted by Crippen LogP contribution is 2.26.